The number of piperidine rings is 1. The molecule has 136 valence electrons. The van der Waals surface area contributed by atoms with E-state index in [2.05, 4.69) is 44.0 Å². The lowest BCUT2D eigenvalue weighted by Gasteiger charge is -2.30. The first-order valence-corrected chi connectivity index (χ1v) is 10.2. The maximum absolute atomic E-state index is 12.5. The number of nitriles is 1. The van der Waals surface area contributed by atoms with Gasteiger partial charge in [-0.15, -0.1) is 0 Å². The summed E-state index contributed by atoms with van der Waals surface area (Å²) in [7, 11) is 0. The molecule has 0 saturated carbocycles. The summed E-state index contributed by atoms with van der Waals surface area (Å²) >= 11 is 1.37. The summed E-state index contributed by atoms with van der Waals surface area (Å²) in [4.78, 5) is 19.0. The van der Waals surface area contributed by atoms with Gasteiger partial charge in [-0.1, -0.05) is 38.6 Å². The van der Waals surface area contributed by atoms with Gasteiger partial charge in [0.2, 0.25) is 5.91 Å². The zero-order valence-corrected chi connectivity index (χ0v) is 16.5. The molecule has 1 aliphatic rings. The molecule has 0 atom stereocenters. The lowest BCUT2D eigenvalue weighted by atomic mass is 9.99. The topological polar surface area (TPSA) is 57.0 Å². The van der Waals surface area contributed by atoms with E-state index in [0.29, 0.717) is 28.2 Å². The van der Waals surface area contributed by atoms with Crippen LogP contribution in [0.4, 0.5) is 0 Å². The number of nitrogens with zero attached hydrogens (tertiary/aromatic N) is 3. The van der Waals surface area contributed by atoms with E-state index >= 15 is 0 Å². The number of hydrogen-bond donors (Lipinski definition) is 0. The van der Waals surface area contributed by atoms with Gasteiger partial charge in [0, 0.05) is 18.5 Å². The van der Waals surface area contributed by atoms with Crippen molar-refractivity contribution < 1.29 is 4.79 Å². The van der Waals surface area contributed by atoms with Crippen molar-refractivity contribution in [3.8, 4) is 6.07 Å². The van der Waals surface area contributed by atoms with Crippen LogP contribution in [0.15, 0.2) is 29.3 Å². The molecule has 0 spiro atoms. The van der Waals surface area contributed by atoms with Gasteiger partial charge in [0.25, 0.3) is 0 Å². The minimum absolute atomic E-state index is 0.142. The number of likely N-dealkylation sites (tertiary alicyclic amines) is 1. The number of rotatable bonds is 4. The molecule has 1 saturated heterocycles. The number of pyridine rings is 1. The molecule has 1 aromatic heterocycles. The summed E-state index contributed by atoms with van der Waals surface area (Å²) in [5.74, 6) is 1.62. The summed E-state index contributed by atoms with van der Waals surface area (Å²) in [5, 5.41) is 11.1. The molecule has 0 aliphatic carbocycles. The van der Waals surface area contributed by atoms with E-state index in [0.717, 1.165) is 36.8 Å². The van der Waals surface area contributed by atoms with Gasteiger partial charge >= 0.3 is 0 Å². The Balaban J connectivity index is 1.76. The smallest absolute Gasteiger partial charge is 0.232 e. The Morgan fingerprint density at radius 2 is 2.08 bits per heavy atom. The van der Waals surface area contributed by atoms with Crippen LogP contribution in [0.25, 0.3) is 10.9 Å². The van der Waals surface area contributed by atoms with Crippen molar-refractivity contribution in [3.63, 3.8) is 0 Å². The van der Waals surface area contributed by atoms with Crippen molar-refractivity contribution in [1.29, 1.82) is 5.26 Å². The van der Waals surface area contributed by atoms with Crippen LogP contribution in [-0.4, -0.2) is 34.6 Å². The Hall–Kier alpha value is -2.06. The first-order valence-electron chi connectivity index (χ1n) is 9.23. The van der Waals surface area contributed by atoms with E-state index in [1.165, 1.54) is 17.3 Å². The minimum atomic E-state index is 0.142. The zero-order valence-electron chi connectivity index (χ0n) is 15.7. The normalized spacial score (nSPS) is 15.4. The SMILES string of the molecule is CC1CCN(C(=O)CSc2nc3ccc(C(C)C)cc3cc2C#N)CC1. The molecule has 1 aliphatic heterocycles. The van der Waals surface area contributed by atoms with Gasteiger partial charge < -0.3 is 4.90 Å². The van der Waals surface area contributed by atoms with Crippen LogP contribution in [-0.2, 0) is 4.79 Å². The Kier molecular flexibility index (Phi) is 5.83. The monoisotopic (exact) mass is 367 g/mol. The van der Waals surface area contributed by atoms with Gasteiger partial charge in [-0.2, -0.15) is 5.26 Å². The predicted molar refractivity (Wildman–Crippen MR) is 106 cm³/mol. The maximum atomic E-state index is 12.5. The van der Waals surface area contributed by atoms with Crippen LogP contribution < -0.4 is 0 Å². The quantitative estimate of drug-likeness (QED) is 0.742. The number of hydrogen-bond acceptors (Lipinski definition) is 4. The molecule has 0 N–H and O–H groups in total. The molecular weight excluding hydrogens is 342 g/mol. The standard InChI is InChI=1S/C21H25N3OS/c1-14(2)16-4-5-19-17(10-16)11-18(12-22)21(23-19)26-13-20(25)24-8-6-15(3)7-9-24/h4-5,10-11,14-15H,6-9,13H2,1-3H3. The van der Waals surface area contributed by atoms with Crippen LogP contribution in [0.2, 0.25) is 0 Å². The van der Waals surface area contributed by atoms with Crippen LogP contribution >= 0.6 is 11.8 Å². The van der Waals surface area contributed by atoms with Crippen molar-refractivity contribution >= 4 is 28.6 Å². The minimum Gasteiger partial charge on any atom is -0.342 e. The highest BCUT2D eigenvalue weighted by Gasteiger charge is 2.21. The fraction of sp³-hybridized carbons (Fsp3) is 0.476. The average molecular weight is 368 g/mol. The van der Waals surface area contributed by atoms with Crippen LogP contribution in [0.5, 0.6) is 0 Å². The molecule has 2 heterocycles. The second-order valence-corrected chi connectivity index (χ2v) is 8.38. The average Bonchev–Trinajstić information content (AvgIpc) is 2.65. The van der Waals surface area contributed by atoms with Gasteiger partial charge in [0.05, 0.1) is 16.8 Å². The molecule has 3 rings (SSSR count). The third-order valence-corrected chi connectivity index (χ3v) is 6.04. The third-order valence-electron chi connectivity index (χ3n) is 5.06. The first-order chi connectivity index (χ1) is 12.5. The van der Waals surface area contributed by atoms with Gasteiger partial charge in [-0.05, 0) is 48.4 Å². The molecule has 0 unspecified atom stereocenters. The molecular formula is C21H25N3OS. The number of amides is 1. The number of carbonyl (C=O) groups excluding carboxylic acids is 1. The fourth-order valence-corrected chi connectivity index (χ4v) is 4.07. The Bertz CT molecular complexity index is 848. The summed E-state index contributed by atoms with van der Waals surface area (Å²) < 4.78 is 0. The van der Waals surface area contributed by atoms with Crippen LogP contribution in [0, 0.1) is 17.2 Å². The first kappa shape index (κ1) is 18.7. The predicted octanol–water partition coefficient (Wildman–Crippen LogP) is 4.58. The molecule has 1 aromatic carbocycles. The number of aromatic nitrogens is 1. The van der Waals surface area contributed by atoms with Crippen LogP contribution in [0.1, 0.15) is 50.7 Å². The van der Waals surface area contributed by atoms with Crippen LogP contribution in [0.3, 0.4) is 0 Å². The zero-order chi connectivity index (χ0) is 18.7. The largest absolute Gasteiger partial charge is 0.342 e. The van der Waals surface area contributed by atoms with Crippen molar-refractivity contribution in [3.05, 3.63) is 35.4 Å². The second kappa shape index (κ2) is 8.09. The highest BCUT2D eigenvalue weighted by atomic mass is 32.2. The number of fused-ring (bicyclic) bond motifs is 1. The van der Waals surface area contributed by atoms with Crippen molar-refractivity contribution in [2.24, 2.45) is 5.92 Å². The van der Waals surface area contributed by atoms with Gasteiger partial charge in [-0.3, -0.25) is 4.79 Å². The fourth-order valence-electron chi connectivity index (χ4n) is 3.21. The molecule has 26 heavy (non-hydrogen) atoms. The van der Waals surface area contributed by atoms with Crippen molar-refractivity contribution in [2.75, 3.05) is 18.8 Å². The summed E-state index contributed by atoms with van der Waals surface area (Å²) in [5.41, 5.74) is 2.65. The van der Waals surface area contributed by atoms with E-state index < -0.39 is 0 Å². The number of carbonyl (C=O) groups is 1. The molecule has 4 nitrogen and oxygen atoms in total. The number of thioether (sulfide) groups is 1. The molecule has 5 heteroatoms. The molecule has 0 bridgehead atoms. The summed E-state index contributed by atoms with van der Waals surface area (Å²) in [6.45, 7) is 8.22. The van der Waals surface area contributed by atoms with E-state index in [-0.39, 0.29) is 5.91 Å². The van der Waals surface area contributed by atoms with E-state index in [9.17, 15) is 10.1 Å². The lowest BCUT2D eigenvalue weighted by Crippen LogP contribution is -2.38. The Labute approximate surface area is 159 Å². The molecule has 2 aromatic rings. The van der Waals surface area contributed by atoms with Crippen molar-refractivity contribution in [1.82, 2.24) is 9.88 Å². The molecule has 1 amide bonds. The van der Waals surface area contributed by atoms with E-state index in [1.54, 1.807) is 0 Å². The van der Waals surface area contributed by atoms with Gasteiger partial charge in [0.15, 0.2) is 0 Å². The molecule has 1 fully saturated rings. The van der Waals surface area contributed by atoms with Crippen molar-refractivity contribution in [2.45, 2.75) is 44.6 Å². The molecule has 0 radical (unpaired) electrons. The Morgan fingerprint density at radius 3 is 2.73 bits per heavy atom. The van der Waals surface area contributed by atoms with Gasteiger partial charge in [-0.25, -0.2) is 4.98 Å². The second-order valence-electron chi connectivity index (χ2n) is 7.41. The highest BCUT2D eigenvalue weighted by Crippen LogP contribution is 2.27. The number of benzene rings is 1. The highest BCUT2D eigenvalue weighted by molar-refractivity contribution is 8.00. The summed E-state index contributed by atoms with van der Waals surface area (Å²) in [6, 6.07) is 10.3. The Morgan fingerprint density at radius 1 is 1.35 bits per heavy atom. The third kappa shape index (κ3) is 4.19. The summed E-state index contributed by atoms with van der Waals surface area (Å²) in [6.07, 6.45) is 2.15. The lowest BCUT2D eigenvalue weighted by molar-refractivity contribution is -0.129. The maximum Gasteiger partial charge on any atom is 0.232 e. The van der Waals surface area contributed by atoms with Gasteiger partial charge in [0.1, 0.15) is 11.1 Å². The van der Waals surface area contributed by atoms with E-state index in [1.807, 2.05) is 17.0 Å². The van der Waals surface area contributed by atoms with E-state index in [4.69, 9.17) is 0 Å².